The Bertz CT molecular complexity index is 457. The lowest BCUT2D eigenvalue weighted by Gasteiger charge is -2.28. The summed E-state index contributed by atoms with van der Waals surface area (Å²) in [6, 6.07) is 7.58. The van der Waals surface area contributed by atoms with Gasteiger partial charge in [0.25, 0.3) is 5.91 Å². The minimum absolute atomic E-state index is 0.0180. The predicted octanol–water partition coefficient (Wildman–Crippen LogP) is 1.99. The van der Waals surface area contributed by atoms with E-state index in [4.69, 9.17) is 4.74 Å². The summed E-state index contributed by atoms with van der Waals surface area (Å²) in [4.78, 5) is 14.2. The molecule has 0 aromatic heterocycles. The number of nitrogens with zero attached hydrogens (tertiary/aromatic N) is 1. The Balaban J connectivity index is 2.00. The standard InChI is InChI=1S/C16H23NO3/c1-11-4-6-14(7-5-11)20-13(3)16(19)17-9-8-12(2)15(17)10-18/h4-7,12-13,15,18H,8-10H2,1-3H3. The summed E-state index contributed by atoms with van der Waals surface area (Å²) < 4.78 is 5.70. The SMILES string of the molecule is Cc1ccc(OC(C)C(=O)N2CCC(C)C2CO)cc1. The fraction of sp³-hybridized carbons (Fsp3) is 0.562. The third-order valence-corrected chi connectivity index (χ3v) is 4.03. The van der Waals surface area contributed by atoms with Gasteiger partial charge in [-0.05, 0) is 38.3 Å². The molecule has 0 bridgehead atoms. The van der Waals surface area contributed by atoms with E-state index in [0.717, 1.165) is 12.0 Å². The lowest BCUT2D eigenvalue weighted by atomic mass is 10.0. The van der Waals surface area contributed by atoms with Crippen molar-refractivity contribution in [3.05, 3.63) is 29.8 Å². The number of likely N-dealkylation sites (tertiary alicyclic amines) is 1. The van der Waals surface area contributed by atoms with Gasteiger partial charge in [0.1, 0.15) is 5.75 Å². The fourth-order valence-corrected chi connectivity index (χ4v) is 2.67. The second kappa shape index (κ2) is 6.27. The third kappa shape index (κ3) is 3.12. The van der Waals surface area contributed by atoms with Crippen molar-refractivity contribution in [1.82, 2.24) is 4.90 Å². The maximum atomic E-state index is 12.4. The minimum atomic E-state index is -0.531. The number of benzene rings is 1. The van der Waals surface area contributed by atoms with Crippen LogP contribution in [0.25, 0.3) is 0 Å². The van der Waals surface area contributed by atoms with Gasteiger partial charge in [-0.1, -0.05) is 24.6 Å². The topological polar surface area (TPSA) is 49.8 Å². The first-order valence-electron chi connectivity index (χ1n) is 7.17. The van der Waals surface area contributed by atoms with Crippen molar-refractivity contribution in [3.8, 4) is 5.75 Å². The Kier molecular flexibility index (Phi) is 4.65. The van der Waals surface area contributed by atoms with Gasteiger partial charge >= 0.3 is 0 Å². The summed E-state index contributed by atoms with van der Waals surface area (Å²) in [5.41, 5.74) is 1.16. The first-order chi connectivity index (χ1) is 9.52. The Morgan fingerprint density at radius 3 is 2.70 bits per heavy atom. The number of hydrogen-bond donors (Lipinski definition) is 1. The molecule has 1 aromatic carbocycles. The van der Waals surface area contributed by atoms with Crippen molar-refractivity contribution in [2.45, 2.75) is 39.3 Å². The molecule has 1 amide bonds. The lowest BCUT2D eigenvalue weighted by Crippen LogP contribution is -2.45. The van der Waals surface area contributed by atoms with Crippen molar-refractivity contribution in [2.24, 2.45) is 5.92 Å². The smallest absolute Gasteiger partial charge is 0.263 e. The molecular formula is C16H23NO3. The van der Waals surface area contributed by atoms with Gasteiger partial charge in [-0.15, -0.1) is 0 Å². The molecule has 0 spiro atoms. The van der Waals surface area contributed by atoms with Gasteiger partial charge in [-0.2, -0.15) is 0 Å². The zero-order valence-electron chi connectivity index (χ0n) is 12.4. The van der Waals surface area contributed by atoms with E-state index < -0.39 is 6.10 Å². The van der Waals surface area contributed by atoms with Crippen molar-refractivity contribution in [3.63, 3.8) is 0 Å². The normalized spacial score (nSPS) is 23.7. The molecule has 110 valence electrons. The number of hydrogen-bond acceptors (Lipinski definition) is 3. The number of carbonyl (C=O) groups excluding carboxylic acids is 1. The van der Waals surface area contributed by atoms with E-state index in [1.54, 1.807) is 11.8 Å². The van der Waals surface area contributed by atoms with E-state index in [0.29, 0.717) is 18.2 Å². The summed E-state index contributed by atoms with van der Waals surface area (Å²) >= 11 is 0. The molecule has 3 atom stereocenters. The van der Waals surface area contributed by atoms with E-state index in [-0.39, 0.29) is 18.6 Å². The van der Waals surface area contributed by atoms with Crippen LogP contribution in [0.1, 0.15) is 25.8 Å². The number of aryl methyl sites for hydroxylation is 1. The summed E-state index contributed by atoms with van der Waals surface area (Å²) in [6.45, 7) is 6.56. The molecule has 1 aliphatic heterocycles. The van der Waals surface area contributed by atoms with Gasteiger partial charge in [0, 0.05) is 6.54 Å². The summed E-state index contributed by atoms with van der Waals surface area (Å²) in [5, 5.41) is 9.42. The molecular weight excluding hydrogens is 254 g/mol. The van der Waals surface area contributed by atoms with Crippen LogP contribution in [0.2, 0.25) is 0 Å². The molecule has 0 aliphatic carbocycles. The van der Waals surface area contributed by atoms with Gasteiger partial charge < -0.3 is 14.7 Å². The maximum Gasteiger partial charge on any atom is 0.263 e. The van der Waals surface area contributed by atoms with Gasteiger partial charge in [0.15, 0.2) is 6.10 Å². The summed E-state index contributed by atoms with van der Waals surface area (Å²) in [7, 11) is 0. The minimum Gasteiger partial charge on any atom is -0.481 e. The monoisotopic (exact) mass is 277 g/mol. The summed E-state index contributed by atoms with van der Waals surface area (Å²) in [6.07, 6.45) is 0.408. The molecule has 1 aromatic rings. The molecule has 1 heterocycles. The van der Waals surface area contributed by atoms with Crippen LogP contribution < -0.4 is 4.74 Å². The van der Waals surface area contributed by atoms with E-state index in [1.807, 2.05) is 31.2 Å². The average Bonchev–Trinajstić information content (AvgIpc) is 2.81. The van der Waals surface area contributed by atoms with E-state index in [9.17, 15) is 9.90 Å². The van der Waals surface area contributed by atoms with Gasteiger partial charge in [-0.25, -0.2) is 0 Å². The number of carbonyl (C=O) groups is 1. The number of rotatable bonds is 4. The number of aliphatic hydroxyl groups is 1. The second-order valence-electron chi connectivity index (χ2n) is 5.62. The first-order valence-corrected chi connectivity index (χ1v) is 7.17. The van der Waals surface area contributed by atoms with Crippen molar-refractivity contribution < 1.29 is 14.6 Å². The molecule has 0 radical (unpaired) electrons. The maximum absolute atomic E-state index is 12.4. The van der Waals surface area contributed by atoms with Crippen LogP contribution in [0, 0.1) is 12.8 Å². The van der Waals surface area contributed by atoms with Crippen LogP contribution in [0.3, 0.4) is 0 Å². The van der Waals surface area contributed by atoms with E-state index in [1.165, 1.54) is 0 Å². The number of amides is 1. The van der Waals surface area contributed by atoms with Gasteiger partial charge in [0.05, 0.1) is 12.6 Å². The Labute approximate surface area is 120 Å². The molecule has 4 heteroatoms. The van der Waals surface area contributed by atoms with E-state index in [2.05, 4.69) is 6.92 Å². The van der Waals surface area contributed by atoms with Crippen LogP contribution in [0.5, 0.6) is 5.75 Å². The lowest BCUT2D eigenvalue weighted by molar-refractivity contribution is -0.139. The highest BCUT2D eigenvalue weighted by Gasteiger charge is 2.36. The van der Waals surface area contributed by atoms with Crippen LogP contribution in [0.4, 0.5) is 0 Å². The van der Waals surface area contributed by atoms with Crippen LogP contribution in [0.15, 0.2) is 24.3 Å². The van der Waals surface area contributed by atoms with E-state index >= 15 is 0 Å². The van der Waals surface area contributed by atoms with Crippen LogP contribution in [-0.2, 0) is 4.79 Å². The zero-order chi connectivity index (χ0) is 14.7. The highest BCUT2D eigenvalue weighted by Crippen LogP contribution is 2.25. The Hall–Kier alpha value is -1.55. The number of aliphatic hydroxyl groups excluding tert-OH is 1. The highest BCUT2D eigenvalue weighted by atomic mass is 16.5. The first kappa shape index (κ1) is 14.9. The van der Waals surface area contributed by atoms with Crippen molar-refractivity contribution >= 4 is 5.91 Å². The van der Waals surface area contributed by atoms with Gasteiger partial charge in [-0.3, -0.25) is 4.79 Å². The van der Waals surface area contributed by atoms with Crippen molar-refractivity contribution in [2.75, 3.05) is 13.2 Å². The molecule has 4 nitrogen and oxygen atoms in total. The second-order valence-corrected chi connectivity index (χ2v) is 5.62. The molecule has 20 heavy (non-hydrogen) atoms. The molecule has 1 fully saturated rings. The molecule has 1 aliphatic rings. The highest BCUT2D eigenvalue weighted by molar-refractivity contribution is 5.81. The molecule has 1 saturated heterocycles. The third-order valence-electron chi connectivity index (χ3n) is 4.03. The molecule has 3 unspecified atom stereocenters. The van der Waals surface area contributed by atoms with Crippen molar-refractivity contribution in [1.29, 1.82) is 0 Å². The Morgan fingerprint density at radius 2 is 2.10 bits per heavy atom. The average molecular weight is 277 g/mol. The zero-order valence-corrected chi connectivity index (χ0v) is 12.4. The number of ether oxygens (including phenoxy) is 1. The fourth-order valence-electron chi connectivity index (χ4n) is 2.67. The predicted molar refractivity (Wildman–Crippen MR) is 77.6 cm³/mol. The van der Waals surface area contributed by atoms with Gasteiger partial charge in [0.2, 0.25) is 0 Å². The van der Waals surface area contributed by atoms with Crippen LogP contribution in [-0.4, -0.2) is 41.2 Å². The molecule has 1 N–H and O–H groups in total. The van der Waals surface area contributed by atoms with Crippen LogP contribution >= 0.6 is 0 Å². The summed E-state index contributed by atoms with van der Waals surface area (Å²) in [5.74, 6) is 0.994. The molecule has 2 rings (SSSR count). The largest absolute Gasteiger partial charge is 0.481 e. The Morgan fingerprint density at radius 1 is 1.45 bits per heavy atom. The quantitative estimate of drug-likeness (QED) is 0.915. The molecule has 0 saturated carbocycles.